The monoisotopic (exact) mass is 409 g/mol. The minimum atomic E-state index is -0.291. The van der Waals surface area contributed by atoms with Gasteiger partial charge in [0.15, 0.2) is 0 Å². The van der Waals surface area contributed by atoms with E-state index in [2.05, 4.69) is 5.32 Å². The van der Waals surface area contributed by atoms with Gasteiger partial charge in [0.2, 0.25) is 11.8 Å². The fourth-order valence-corrected chi connectivity index (χ4v) is 3.52. The largest absolute Gasteiger partial charge is 0.495 e. The predicted octanol–water partition coefficient (Wildman–Crippen LogP) is 3.31. The standard InChI is InChI=1S/C23H27N3O4/c1-3-14-25(16-21(27)24-19-7-4-5-8-20(19)30-2)23(29)17-10-12-18(13-11-17)26-15-6-9-22(26)28/h4-5,7-8,10-13H,3,6,9,14-16H2,1-2H3,(H,24,27). The van der Waals surface area contributed by atoms with Crippen molar-refractivity contribution in [1.82, 2.24) is 4.90 Å². The highest BCUT2D eigenvalue weighted by atomic mass is 16.5. The van der Waals surface area contributed by atoms with Gasteiger partial charge in [0.05, 0.1) is 12.8 Å². The third kappa shape index (κ3) is 4.97. The fraction of sp³-hybridized carbons (Fsp3) is 0.348. The number of amides is 3. The Kier molecular flexibility index (Phi) is 7.06. The summed E-state index contributed by atoms with van der Waals surface area (Å²) in [7, 11) is 1.54. The zero-order valence-electron chi connectivity index (χ0n) is 17.4. The van der Waals surface area contributed by atoms with Crippen LogP contribution in [0.1, 0.15) is 36.5 Å². The Morgan fingerprint density at radius 2 is 1.87 bits per heavy atom. The quantitative estimate of drug-likeness (QED) is 0.726. The Morgan fingerprint density at radius 1 is 1.13 bits per heavy atom. The molecule has 1 fully saturated rings. The number of nitrogens with zero attached hydrogens (tertiary/aromatic N) is 2. The first-order chi connectivity index (χ1) is 14.5. The molecule has 30 heavy (non-hydrogen) atoms. The first-order valence-corrected chi connectivity index (χ1v) is 10.2. The van der Waals surface area contributed by atoms with Crippen LogP contribution in [-0.2, 0) is 9.59 Å². The molecule has 1 aliphatic heterocycles. The van der Waals surface area contributed by atoms with Gasteiger partial charge in [0, 0.05) is 30.8 Å². The Balaban J connectivity index is 1.68. The van der Waals surface area contributed by atoms with Gasteiger partial charge in [-0.1, -0.05) is 19.1 Å². The highest BCUT2D eigenvalue weighted by Gasteiger charge is 2.23. The summed E-state index contributed by atoms with van der Waals surface area (Å²) >= 11 is 0. The van der Waals surface area contributed by atoms with Crippen molar-refractivity contribution in [3.8, 4) is 5.75 Å². The number of rotatable bonds is 8. The van der Waals surface area contributed by atoms with Crippen molar-refractivity contribution in [2.45, 2.75) is 26.2 Å². The average Bonchev–Trinajstić information content (AvgIpc) is 3.19. The molecule has 3 amide bonds. The molecule has 158 valence electrons. The normalized spacial score (nSPS) is 13.3. The van der Waals surface area contributed by atoms with Crippen molar-refractivity contribution in [3.05, 3.63) is 54.1 Å². The number of ether oxygens (including phenoxy) is 1. The minimum Gasteiger partial charge on any atom is -0.495 e. The molecule has 7 nitrogen and oxygen atoms in total. The van der Waals surface area contributed by atoms with Crippen LogP contribution in [0.4, 0.5) is 11.4 Å². The van der Waals surface area contributed by atoms with Gasteiger partial charge < -0.3 is 19.9 Å². The number of methoxy groups -OCH3 is 1. The second-order valence-corrected chi connectivity index (χ2v) is 7.17. The van der Waals surface area contributed by atoms with Gasteiger partial charge in [0.25, 0.3) is 5.91 Å². The summed E-state index contributed by atoms with van der Waals surface area (Å²) < 4.78 is 5.25. The average molecular weight is 409 g/mol. The summed E-state index contributed by atoms with van der Waals surface area (Å²) in [5.74, 6) is 0.160. The van der Waals surface area contributed by atoms with E-state index in [9.17, 15) is 14.4 Å². The zero-order valence-corrected chi connectivity index (χ0v) is 17.4. The van der Waals surface area contributed by atoms with E-state index in [0.717, 1.165) is 18.5 Å². The van der Waals surface area contributed by atoms with Crippen molar-refractivity contribution in [3.63, 3.8) is 0 Å². The van der Waals surface area contributed by atoms with E-state index in [0.29, 0.717) is 36.5 Å². The molecular weight excluding hydrogens is 382 g/mol. The van der Waals surface area contributed by atoms with Crippen LogP contribution in [0.3, 0.4) is 0 Å². The third-order valence-corrected chi connectivity index (χ3v) is 5.00. The Morgan fingerprint density at radius 3 is 2.50 bits per heavy atom. The molecule has 0 saturated carbocycles. The number of nitrogens with one attached hydrogen (secondary N) is 1. The Labute approximate surface area is 176 Å². The number of para-hydroxylation sites is 2. The Hall–Kier alpha value is -3.35. The number of anilines is 2. The van der Waals surface area contributed by atoms with Crippen LogP contribution in [0.2, 0.25) is 0 Å². The molecule has 0 spiro atoms. The summed E-state index contributed by atoms with van der Waals surface area (Å²) in [6.45, 7) is 3.07. The lowest BCUT2D eigenvalue weighted by Gasteiger charge is -2.22. The minimum absolute atomic E-state index is 0.0584. The zero-order chi connectivity index (χ0) is 21.5. The van der Waals surface area contributed by atoms with Gasteiger partial charge in [-0.3, -0.25) is 14.4 Å². The van der Waals surface area contributed by atoms with Gasteiger partial charge >= 0.3 is 0 Å². The predicted molar refractivity (Wildman–Crippen MR) is 116 cm³/mol. The van der Waals surface area contributed by atoms with Crippen LogP contribution in [-0.4, -0.2) is 49.4 Å². The lowest BCUT2D eigenvalue weighted by molar-refractivity contribution is -0.117. The van der Waals surface area contributed by atoms with Crippen LogP contribution in [0.25, 0.3) is 0 Å². The smallest absolute Gasteiger partial charge is 0.254 e. The number of benzene rings is 2. The van der Waals surface area contributed by atoms with Crippen LogP contribution in [0.5, 0.6) is 5.75 Å². The maximum atomic E-state index is 13.0. The molecule has 1 N–H and O–H groups in total. The van der Waals surface area contributed by atoms with E-state index in [-0.39, 0.29) is 24.3 Å². The van der Waals surface area contributed by atoms with E-state index in [1.165, 1.54) is 12.0 Å². The van der Waals surface area contributed by atoms with E-state index in [1.807, 2.05) is 13.0 Å². The topological polar surface area (TPSA) is 79.0 Å². The molecule has 0 radical (unpaired) electrons. The summed E-state index contributed by atoms with van der Waals surface area (Å²) in [6, 6.07) is 14.1. The summed E-state index contributed by atoms with van der Waals surface area (Å²) in [4.78, 5) is 40.7. The lowest BCUT2D eigenvalue weighted by Crippen LogP contribution is -2.38. The summed E-state index contributed by atoms with van der Waals surface area (Å²) in [6.07, 6.45) is 2.14. The number of hydrogen-bond acceptors (Lipinski definition) is 4. The molecule has 0 atom stereocenters. The van der Waals surface area contributed by atoms with Crippen molar-refractivity contribution >= 4 is 29.1 Å². The van der Waals surface area contributed by atoms with Crippen LogP contribution >= 0.6 is 0 Å². The molecule has 0 aromatic heterocycles. The number of carbonyl (C=O) groups excluding carboxylic acids is 3. The van der Waals surface area contributed by atoms with Crippen LogP contribution in [0, 0.1) is 0 Å². The second-order valence-electron chi connectivity index (χ2n) is 7.17. The molecule has 1 heterocycles. The summed E-state index contributed by atoms with van der Waals surface area (Å²) in [5, 5.41) is 2.81. The van der Waals surface area contributed by atoms with Crippen molar-refractivity contribution < 1.29 is 19.1 Å². The molecule has 0 aliphatic carbocycles. The van der Waals surface area contributed by atoms with Crippen molar-refractivity contribution in [2.75, 3.05) is 37.0 Å². The third-order valence-electron chi connectivity index (χ3n) is 5.00. The van der Waals surface area contributed by atoms with E-state index in [4.69, 9.17) is 4.74 Å². The maximum Gasteiger partial charge on any atom is 0.254 e. The van der Waals surface area contributed by atoms with Gasteiger partial charge in [-0.25, -0.2) is 0 Å². The van der Waals surface area contributed by atoms with E-state index in [1.54, 1.807) is 47.4 Å². The molecule has 2 aromatic carbocycles. The molecule has 3 rings (SSSR count). The fourth-order valence-electron chi connectivity index (χ4n) is 3.52. The second kappa shape index (κ2) is 9.91. The Bertz CT molecular complexity index is 911. The van der Waals surface area contributed by atoms with Crippen LogP contribution in [0.15, 0.2) is 48.5 Å². The van der Waals surface area contributed by atoms with Gasteiger partial charge in [-0.15, -0.1) is 0 Å². The van der Waals surface area contributed by atoms with Gasteiger partial charge in [-0.2, -0.15) is 0 Å². The number of carbonyl (C=O) groups is 3. The van der Waals surface area contributed by atoms with Crippen molar-refractivity contribution in [1.29, 1.82) is 0 Å². The highest BCUT2D eigenvalue weighted by molar-refractivity contribution is 6.00. The molecule has 7 heteroatoms. The molecule has 0 bridgehead atoms. The SMILES string of the molecule is CCCN(CC(=O)Nc1ccccc1OC)C(=O)c1ccc(N2CCCC2=O)cc1. The first kappa shape index (κ1) is 21.4. The molecular formula is C23H27N3O4. The van der Waals surface area contributed by atoms with Gasteiger partial charge in [0.1, 0.15) is 12.3 Å². The maximum absolute atomic E-state index is 13.0. The molecule has 1 aliphatic rings. The number of hydrogen-bond donors (Lipinski definition) is 1. The van der Waals surface area contributed by atoms with Crippen molar-refractivity contribution in [2.24, 2.45) is 0 Å². The molecule has 0 unspecified atom stereocenters. The lowest BCUT2D eigenvalue weighted by atomic mass is 10.1. The molecule has 1 saturated heterocycles. The highest BCUT2D eigenvalue weighted by Crippen LogP contribution is 2.24. The first-order valence-electron chi connectivity index (χ1n) is 10.2. The summed E-state index contributed by atoms with van der Waals surface area (Å²) in [5.41, 5.74) is 1.85. The van der Waals surface area contributed by atoms with E-state index >= 15 is 0 Å². The van der Waals surface area contributed by atoms with Gasteiger partial charge in [-0.05, 0) is 49.2 Å². The van der Waals surface area contributed by atoms with E-state index < -0.39 is 0 Å². The van der Waals surface area contributed by atoms with Crippen LogP contribution < -0.4 is 15.0 Å². The molecule has 2 aromatic rings.